The van der Waals surface area contributed by atoms with Crippen molar-refractivity contribution < 1.29 is 9.59 Å². The summed E-state index contributed by atoms with van der Waals surface area (Å²) in [5, 5.41) is 5.00. The van der Waals surface area contributed by atoms with E-state index in [-0.39, 0.29) is 41.0 Å². The van der Waals surface area contributed by atoms with Gasteiger partial charge in [0, 0.05) is 42.6 Å². The molecule has 3 aliphatic rings. The number of piperidine rings is 1. The van der Waals surface area contributed by atoms with Crippen molar-refractivity contribution in [3.63, 3.8) is 0 Å². The van der Waals surface area contributed by atoms with Crippen LogP contribution in [-0.4, -0.2) is 46.8 Å². The van der Waals surface area contributed by atoms with Gasteiger partial charge < -0.3 is 14.8 Å². The molecule has 5 rings (SSSR count). The maximum absolute atomic E-state index is 13.8. The van der Waals surface area contributed by atoms with Gasteiger partial charge >= 0.3 is 0 Å². The molecule has 36 heavy (non-hydrogen) atoms. The molecule has 1 aliphatic heterocycles. The second kappa shape index (κ2) is 10.9. The summed E-state index contributed by atoms with van der Waals surface area (Å²) in [5.41, 5.74) is 1.09. The van der Waals surface area contributed by atoms with Crippen molar-refractivity contribution in [2.45, 2.75) is 89.6 Å². The highest BCUT2D eigenvalue weighted by Gasteiger charge is 2.33. The molecular formula is C30H41N3O3. The molecular weight excluding hydrogens is 450 g/mol. The summed E-state index contributed by atoms with van der Waals surface area (Å²) in [5.74, 6) is 0.687. The van der Waals surface area contributed by atoms with Gasteiger partial charge in [0.15, 0.2) is 5.78 Å². The number of hydrogen-bond acceptors (Lipinski definition) is 4. The maximum atomic E-state index is 13.8. The molecule has 6 heteroatoms. The molecule has 6 nitrogen and oxygen atoms in total. The van der Waals surface area contributed by atoms with Crippen LogP contribution in [0.15, 0.2) is 35.3 Å². The summed E-state index contributed by atoms with van der Waals surface area (Å²) in [6.07, 6.45) is 11.7. The van der Waals surface area contributed by atoms with Gasteiger partial charge in [-0.1, -0.05) is 45.2 Å². The van der Waals surface area contributed by atoms with Crippen LogP contribution in [-0.2, 0) is 9.59 Å². The Hall–Kier alpha value is -2.47. The lowest BCUT2D eigenvalue weighted by atomic mass is 9.80. The van der Waals surface area contributed by atoms with E-state index in [1.165, 1.54) is 19.3 Å². The van der Waals surface area contributed by atoms with E-state index in [0.29, 0.717) is 24.5 Å². The number of pyridine rings is 1. The first-order valence-corrected chi connectivity index (χ1v) is 14.1. The maximum Gasteiger partial charge on any atom is 0.259 e. The van der Waals surface area contributed by atoms with Gasteiger partial charge in [-0.25, -0.2) is 0 Å². The zero-order valence-electron chi connectivity index (χ0n) is 21.9. The number of rotatable bonds is 8. The highest BCUT2D eigenvalue weighted by Crippen LogP contribution is 2.36. The van der Waals surface area contributed by atoms with Crippen LogP contribution in [0, 0.1) is 11.8 Å². The predicted octanol–water partition coefficient (Wildman–Crippen LogP) is 4.81. The van der Waals surface area contributed by atoms with Gasteiger partial charge in [-0.15, -0.1) is 0 Å². The van der Waals surface area contributed by atoms with Crippen molar-refractivity contribution in [2.75, 3.05) is 19.6 Å². The molecule has 1 saturated heterocycles. The van der Waals surface area contributed by atoms with Gasteiger partial charge in [-0.05, 0) is 67.5 Å². The van der Waals surface area contributed by atoms with Crippen molar-refractivity contribution >= 4 is 22.5 Å². The summed E-state index contributed by atoms with van der Waals surface area (Å²) in [6.45, 7) is 5.81. The van der Waals surface area contributed by atoms with Crippen molar-refractivity contribution in [1.29, 1.82) is 0 Å². The fourth-order valence-corrected chi connectivity index (χ4v) is 6.37. The summed E-state index contributed by atoms with van der Waals surface area (Å²) in [7, 11) is 0. The van der Waals surface area contributed by atoms with Gasteiger partial charge in [0.25, 0.3) is 5.56 Å². The van der Waals surface area contributed by atoms with Crippen molar-refractivity contribution in [1.82, 2.24) is 14.8 Å². The van der Waals surface area contributed by atoms with Crippen LogP contribution in [0.3, 0.4) is 0 Å². The first kappa shape index (κ1) is 25.2. The SMILES string of the molecule is CC(C)C(=O)[C@@H](C1CCCCC1)n1ccc2c(C3CCCN(C(=O)CNC4CC4)C3)cccc2c1=O. The number of hydrogen-bond donors (Lipinski definition) is 1. The molecule has 1 aromatic heterocycles. The van der Waals surface area contributed by atoms with Crippen molar-refractivity contribution in [3.8, 4) is 0 Å². The molecule has 2 atom stereocenters. The Labute approximate surface area is 214 Å². The minimum absolute atomic E-state index is 0.0590. The standard InChI is InChI=1S/C30H41N3O3/c1-20(2)29(35)28(21-8-4-3-5-9-21)33-17-15-25-24(11-6-12-26(25)30(33)36)22-10-7-16-32(19-22)27(34)18-31-23-13-14-23/h6,11-12,15,17,20-23,28,31H,3-5,7-10,13-14,16,18-19H2,1-2H3/t22?,28-/m1/s1. The monoisotopic (exact) mass is 491 g/mol. The van der Waals surface area contributed by atoms with E-state index >= 15 is 0 Å². The molecule has 0 radical (unpaired) electrons. The van der Waals surface area contributed by atoms with Crippen LogP contribution in [0.4, 0.5) is 0 Å². The Morgan fingerprint density at radius 2 is 1.75 bits per heavy atom. The molecule has 1 aromatic carbocycles. The fraction of sp³-hybridized carbons (Fsp3) is 0.633. The van der Waals surface area contributed by atoms with Gasteiger partial charge in [-0.3, -0.25) is 14.4 Å². The van der Waals surface area contributed by atoms with Crippen LogP contribution in [0.5, 0.6) is 0 Å². The minimum atomic E-state index is -0.382. The van der Waals surface area contributed by atoms with Gasteiger partial charge in [-0.2, -0.15) is 0 Å². The number of nitrogens with one attached hydrogen (secondary N) is 1. The largest absolute Gasteiger partial charge is 0.341 e. The molecule has 2 aromatic rings. The predicted molar refractivity (Wildman–Crippen MR) is 143 cm³/mol. The third-order valence-corrected chi connectivity index (χ3v) is 8.60. The first-order chi connectivity index (χ1) is 17.4. The van der Waals surface area contributed by atoms with Crippen LogP contribution in [0.1, 0.15) is 89.2 Å². The quantitative estimate of drug-likeness (QED) is 0.576. The number of Topliss-reactive ketones (excluding diaryl/α,β-unsaturated/α-hetero) is 1. The van der Waals surface area contributed by atoms with Crippen LogP contribution in [0.25, 0.3) is 10.8 Å². The average molecular weight is 492 g/mol. The number of carbonyl (C=O) groups excluding carboxylic acids is 2. The number of ketones is 1. The topological polar surface area (TPSA) is 71.4 Å². The highest BCUT2D eigenvalue weighted by molar-refractivity contribution is 5.88. The lowest BCUT2D eigenvalue weighted by Crippen LogP contribution is -2.43. The Balaban J connectivity index is 1.44. The number of nitrogens with zero attached hydrogens (tertiary/aromatic N) is 2. The number of benzene rings is 1. The Morgan fingerprint density at radius 3 is 2.47 bits per heavy atom. The number of fused-ring (bicyclic) bond motifs is 1. The second-order valence-corrected chi connectivity index (χ2v) is 11.6. The van der Waals surface area contributed by atoms with Gasteiger partial charge in [0.05, 0.1) is 12.6 Å². The third kappa shape index (κ3) is 5.29. The van der Waals surface area contributed by atoms with Crippen molar-refractivity contribution in [2.24, 2.45) is 11.8 Å². The minimum Gasteiger partial charge on any atom is -0.341 e. The Morgan fingerprint density at radius 1 is 0.972 bits per heavy atom. The molecule has 2 aliphatic carbocycles. The van der Waals surface area contributed by atoms with Crippen molar-refractivity contribution in [3.05, 3.63) is 46.4 Å². The normalized spacial score (nSPS) is 22.2. The highest BCUT2D eigenvalue weighted by atomic mass is 16.2. The van der Waals surface area contributed by atoms with Crippen LogP contribution in [0.2, 0.25) is 0 Å². The summed E-state index contributed by atoms with van der Waals surface area (Å²) < 4.78 is 1.74. The number of likely N-dealkylation sites (tertiary alicyclic amines) is 1. The molecule has 1 amide bonds. The number of aromatic nitrogens is 1. The second-order valence-electron chi connectivity index (χ2n) is 11.6. The Bertz CT molecular complexity index is 1160. The number of carbonyl (C=O) groups is 2. The summed E-state index contributed by atoms with van der Waals surface area (Å²) >= 11 is 0. The van der Waals surface area contributed by atoms with Gasteiger partial charge in [0.1, 0.15) is 0 Å². The van der Waals surface area contributed by atoms with Gasteiger partial charge in [0.2, 0.25) is 5.91 Å². The molecule has 3 fully saturated rings. The van der Waals surface area contributed by atoms with E-state index in [1.54, 1.807) is 4.57 Å². The van der Waals surface area contributed by atoms with Crippen LogP contribution < -0.4 is 10.9 Å². The third-order valence-electron chi connectivity index (χ3n) is 8.60. The van der Waals surface area contributed by atoms with E-state index in [0.717, 1.165) is 56.0 Å². The van der Waals surface area contributed by atoms with Crippen LogP contribution >= 0.6 is 0 Å². The average Bonchev–Trinajstić information content (AvgIpc) is 3.74. The lowest BCUT2D eigenvalue weighted by Gasteiger charge is -2.34. The van der Waals surface area contributed by atoms with E-state index < -0.39 is 0 Å². The zero-order valence-corrected chi connectivity index (χ0v) is 21.9. The fourth-order valence-electron chi connectivity index (χ4n) is 6.37. The zero-order chi connectivity index (χ0) is 25.2. The van der Waals surface area contributed by atoms with E-state index in [4.69, 9.17) is 0 Å². The van der Waals surface area contributed by atoms with E-state index in [2.05, 4.69) is 11.4 Å². The Kier molecular flexibility index (Phi) is 7.61. The smallest absolute Gasteiger partial charge is 0.259 e. The molecule has 1 unspecified atom stereocenters. The van der Waals surface area contributed by atoms with E-state index in [1.807, 2.05) is 43.1 Å². The molecule has 2 heterocycles. The molecule has 2 saturated carbocycles. The molecule has 1 N–H and O–H groups in total. The first-order valence-electron chi connectivity index (χ1n) is 14.1. The molecule has 194 valence electrons. The molecule has 0 spiro atoms. The molecule has 0 bridgehead atoms. The summed E-state index contributed by atoms with van der Waals surface area (Å²) in [6, 6.07) is 8.18. The number of amides is 1. The lowest BCUT2D eigenvalue weighted by molar-refractivity contribution is -0.131. The van der Waals surface area contributed by atoms with E-state index in [9.17, 15) is 14.4 Å². The summed E-state index contributed by atoms with van der Waals surface area (Å²) in [4.78, 5) is 42.0.